The fourth-order valence-electron chi connectivity index (χ4n) is 4.44. The van der Waals surface area contributed by atoms with Crippen LogP contribution in [0.3, 0.4) is 0 Å². The van der Waals surface area contributed by atoms with Gasteiger partial charge in [0.1, 0.15) is 37.1 Å². The highest BCUT2D eigenvalue weighted by atomic mass is 16.7. The molecule has 0 aliphatic carbocycles. The molecule has 1 fully saturated rings. The Morgan fingerprint density at radius 3 is 1.87 bits per heavy atom. The minimum Gasteiger partial charge on any atom is -0.463 e. The van der Waals surface area contributed by atoms with Crippen LogP contribution in [0.1, 0.15) is 104 Å². The van der Waals surface area contributed by atoms with Crippen molar-refractivity contribution in [2.45, 2.75) is 147 Å². The number of rotatable bonds is 22. The van der Waals surface area contributed by atoms with Gasteiger partial charge in [0.05, 0.1) is 13.2 Å². The van der Waals surface area contributed by atoms with Crippen LogP contribution >= 0.6 is 0 Å². The third-order valence-electron chi connectivity index (χ3n) is 6.91. The predicted octanol–water partition coefficient (Wildman–Crippen LogP) is 2.12. The summed E-state index contributed by atoms with van der Waals surface area (Å²) in [6.45, 7) is 1.81. The molecule has 5 N–H and O–H groups in total. The first-order valence-corrected chi connectivity index (χ1v) is 14.6. The third kappa shape index (κ3) is 15.3. The number of aliphatic hydroxyl groups is 5. The van der Waals surface area contributed by atoms with Crippen molar-refractivity contribution in [3.63, 3.8) is 0 Å². The second-order valence-corrected chi connectivity index (χ2v) is 10.4. The summed E-state index contributed by atoms with van der Waals surface area (Å²) in [4.78, 5) is 23.7. The number of hydrogen-bond donors (Lipinski definition) is 5. The molecule has 5 unspecified atom stereocenters. The van der Waals surface area contributed by atoms with Crippen molar-refractivity contribution >= 4 is 11.9 Å². The molecule has 0 bridgehead atoms. The molecule has 0 saturated carbocycles. The Kier molecular flexibility index (Phi) is 19.6. The van der Waals surface area contributed by atoms with Gasteiger partial charge in [-0.1, -0.05) is 84.0 Å². The molecule has 11 nitrogen and oxygen atoms in total. The molecule has 39 heavy (non-hydrogen) atoms. The van der Waals surface area contributed by atoms with Gasteiger partial charge < -0.3 is 44.5 Å². The molecule has 1 rings (SSSR count). The zero-order chi connectivity index (χ0) is 29.0. The molecule has 7 atom stereocenters. The van der Waals surface area contributed by atoms with Crippen LogP contribution in [0.25, 0.3) is 0 Å². The Balaban J connectivity index is 2.41. The number of carbonyl (C=O) groups excluding carboxylic acids is 2. The van der Waals surface area contributed by atoms with E-state index in [0.717, 1.165) is 19.3 Å². The lowest BCUT2D eigenvalue weighted by Gasteiger charge is -2.41. The van der Waals surface area contributed by atoms with E-state index in [1.807, 2.05) is 0 Å². The van der Waals surface area contributed by atoms with E-state index in [1.165, 1.54) is 64.7 Å². The van der Waals surface area contributed by atoms with Gasteiger partial charge in [-0.05, 0) is 6.42 Å². The molecule has 0 spiro atoms. The van der Waals surface area contributed by atoms with Crippen LogP contribution in [0.5, 0.6) is 0 Å². The van der Waals surface area contributed by atoms with E-state index in [4.69, 9.17) is 24.1 Å². The summed E-state index contributed by atoms with van der Waals surface area (Å²) in [5, 5.41) is 49.5. The lowest BCUT2D eigenvalue weighted by atomic mass is 9.98. The number of hydrogen-bond acceptors (Lipinski definition) is 11. The summed E-state index contributed by atoms with van der Waals surface area (Å²) in [7, 11) is 0. The number of unbranched alkanes of at least 4 members (excludes halogenated alkanes) is 12. The topological polar surface area (TPSA) is 172 Å². The summed E-state index contributed by atoms with van der Waals surface area (Å²) in [5.74, 6) is -1.21. The Morgan fingerprint density at radius 2 is 1.36 bits per heavy atom. The third-order valence-corrected chi connectivity index (χ3v) is 6.91. The van der Waals surface area contributed by atoms with E-state index in [1.54, 1.807) is 0 Å². The monoisotopic (exact) mass is 564 g/mol. The molecule has 0 radical (unpaired) electrons. The number of esters is 2. The SMILES string of the molecule is CCCCCCCCCCCCCCCC(=O)OC1C(O)C(COC(C)=O)OC(OC[C@@H](O)[C@@H](O)CO)C1O. The highest BCUT2D eigenvalue weighted by molar-refractivity contribution is 5.69. The van der Waals surface area contributed by atoms with Gasteiger partial charge in [-0.3, -0.25) is 9.59 Å². The first kappa shape index (κ1) is 35.7. The average Bonchev–Trinajstić information content (AvgIpc) is 2.91. The summed E-state index contributed by atoms with van der Waals surface area (Å²) in [5.41, 5.74) is 0. The molecule has 1 saturated heterocycles. The molecular weight excluding hydrogens is 512 g/mol. The quantitative estimate of drug-likeness (QED) is 0.0963. The van der Waals surface area contributed by atoms with Crippen LogP contribution in [0.15, 0.2) is 0 Å². The Hall–Kier alpha value is -1.34. The first-order valence-electron chi connectivity index (χ1n) is 14.6. The van der Waals surface area contributed by atoms with E-state index in [0.29, 0.717) is 6.42 Å². The lowest BCUT2D eigenvalue weighted by molar-refractivity contribution is -0.308. The van der Waals surface area contributed by atoms with Crippen molar-refractivity contribution in [3.05, 3.63) is 0 Å². The Morgan fingerprint density at radius 1 is 0.821 bits per heavy atom. The van der Waals surface area contributed by atoms with Gasteiger partial charge in [0.15, 0.2) is 12.4 Å². The highest BCUT2D eigenvalue weighted by Gasteiger charge is 2.48. The molecule has 230 valence electrons. The van der Waals surface area contributed by atoms with Crippen molar-refractivity contribution in [2.75, 3.05) is 19.8 Å². The highest BCUT2D eigenvalue weighted by Crippen LogP contribution is 2.26. The zero-order valence-electron chi connectivity index (χ0n) is 23.7. The van der Waals surface area contributed by atoms with Crippen molar-refractivity contribution in [2.24, 2.45) is 0 Å². The fourth-order valence-corrected chi connectivity index (χ4v) is 4.44. The largest absolute Gasteiger partial charge is 0.463 e. The van der Waals surface area contributed by atoms with Gasteiger partial charge in [-0.15, -0.1) is 0 Å². The molecule has 0 amide bonds. The van der Waals surface area contributed by atoms with Crippen LogP contribution < -0.4 is 0 Å². The molecule has 0 aromatic carbocycles. The predicted molar refractivity (Wildman–Crippen MR) is 143 cm³/mol. The first-order chi connectivity index (χ1) is 18.7. The van der Waals surface area contributed by atoms with E-state index >= 15 is 0 Å². The number of carbonyl (C=O) groups is 2. The van der Waals surface area contributed by atoms with Crippen LogP contribution in [-0.4, -0.2) is 100 Å². The Bertz CT molecular complexity index is 647. The number of ether oxygens (including phenoxy) is 4. The van der Waals surface area contributed by atoms with Crippen LogP contribution in [0.2, 0.25) is 0 Å². The van der Waals surface area contributed by atoms with Gasteiger partial charge in [0, 0.05) is 13.3 Å². The van der Waals surface area contributed by atoms with Crippen LogP contribution in [0.4, 0.5) is 0 Å². The molecule has 11 heteroatoms. The lowest BCUT2D eigenvalue weighted by Crippen LogP contribution is -2.61. The minimum atomic E-state index is -1.61. The van der Waals surface area contributed by atoms with E-state index in [2.05, 4.69) is 6.92 Å². The normalized spacial score (nSPS) is 24.7. The molecule has 1 heterocycles. The average molecular weight is 565 g/mol. The second kappa shape index (κ2) is 21.4. The number of aliphatic hydroxyl groups excluding tert-OH is 5. The van der Waals surface area contributed by atoms with Crippen molar-refractivity contribution in [3.8, 4) is 0 Å². The van der Waals surface area contributed by atoms with E-state index < -0.39 is 68.1 Å². The summed E-state index contributed by atoms with van der Waals surface area (Å²) in [6, 6.07) is 0. The zero-order valence-corrected chi connectivity index (χ0v) is 23.7. The summed E-state index contributed by atoms with van der Waals surface area (Å²) < 4.78 is 21.1. The van der Waals surface area contributed by atoms with Crippen LogP contribution in [0, 0.1) is 0 Å². The summed E-state index contributed by atoms with van der Waals surface area (Å²) >= 11 is 0. The van der Waals surface area contributed by atoms with Crippen molar-refractivity contribution in [1.82, 2.24) is 0 Å². The van der Waals surface area contributed by atoms with E-state index in [9.17, 15) is 30.0 Å². The molecular formula is C28H52O11. The van der Waals surface area contributed by atoms with Gasteiger partial charge in [-0.25, -0.2) is 0 Å². The smallest absolute Gasteiger partial charge is 0.306 e. The standard InChI is InChI=1S/C28H52O11/c1-3-4-5-6-7-8-9-10-11-12-13-14-15-16-24(33)39-27-25(34)23(19-36-20(2)30)38-28(26(27)35)37-18-22(32)21(31)17-29/h21-23,25-29,31-32,34-35H,3-19H2,1-2H3/t21-,22+,23?,25?,26?,27?,28?/m0/s1. The molecule has 1 aliphatic heterocycles. The van der Waals surface area contributed by atoms with Crippen molar-refractivity contribution < 1.29 is 54.1 Å². The van der Waals surface area contributed by atoms with Gasteiger partial charge in [0.2, 0.25) is 0 Å². The molecule has 1 aliphatic rings. The Labute approximate surface area is 232 Å². The van der Waals surface area contributed by atoms with Gasteiger partial charge in [0.25, 0.3) is 0 Å². The maximum atomic E-state index is 12.5. The van der Waals surface area contributed by atoms with Gasteiger partial charge >= 0.3 is 11.9 Å². The van der Waals surface area contributed by atoms with Crippen molar-refractivity contribution in [1.29, 1.82) is 0 Å². The molecule has 0 aromatic heterocycles. The second-order valence-electron chi connectivity index (χ2n) is 10.4. The molecule has 0 aromatic rings. The maximum absolute atomic E-state index is 12.5. The van der Waals surface area contributed by atoms with Gasteiger partial charge in [-0.2, -0.15) is 0 Å². The maximum Gasteiger partial charge on any atom is 0.306 e. The summed E-state index contributed by atoms with van der Waals surface area (Å²) in [6.07, 6.45) is 5.28. The fraction of sp³-hybridized carbons (Fsp3) is 0.929. The minimum absolute atomic E-state index is 0.121. The van der Waals surface area contributed by atoms with E-state index in [-0.39, 0.29) is 13.0 Å². The van der Waals surface area contributed by atoms with Crippen LogP contribution in [-0.2, 0) is 28.5 Å².